The number of nitrogens with two attached hydrogens (primary N) is 1. The van der Waals surface area contributed by atoms with Crippen LogP contribution in [0, 0.1) is 0 Å². The largest absolute Gasteiger partial charge is 0.404 e. The van der Waals surface area contributed by atoms with Gasteiger partial charge >= 0.3 is 6.01 Å². The van der Waals surface area contributed by atoms with Crippen LogP contribution in [-0.2, 0) is 13.5 Å². The number of allylic oxidation sites excluding steroid dienone is 1. The van der Waals surface area contributed by atoms with Crippen LogP contribution in [0.15, 0.2) is 53.5 Å². The van der Waals surface area contributed by atoms with Crippen molar-refractivity contribution in [2.24, 2.45) is 7.05 Å². The van der Waals surface area contributed by atoms with Gasteiger partial charge in [0.15, 0.2) is 0 Å². The molecule has 1 aliphatic rings. The minimum atomic E-state index is 0.0521. The molecule has 0 amide bonds. The molecule has 4 aromatic rings. The predicted molar refractivity (Wildman–Crippen MR) is 99.2 cm³/mol. The van der Waals surface area contributed by atoms with Crippen LogP contribution >= 0.6 is 0 Å². The molecule has 132 valence electrons. The number of benzene rings is 1. The van der Waals surface area contributed by atoms with Gasteiger partial charge < -0.3 is 10.2 Å². The molecule has 0 unspecified atom stereocenters. The molecule has 1 aliphatic carbocycles. The lowest BCUT2D eigenvalue weighted by molar-refractivity contribution is 0.590. The monoisotopic (exact) mass is 357 g/mol. The Bertz CT molecular complexity index is 1190. The van der Waals surface area contributed by atoms with Gasteiger partial charge in [-0.1, -0.05) is 17.2 Å². The van der Waals surface area contributed by atoms with Crippen molar-refractivity contribution < 1.29 is 4.42 Å². The van der Waals surface area contributed by atoms with E-state index in [0.29, 0.717) is 5.89 Å². The van der Waals surface area contributed by atoms with Gasteiger partial charge in [-0.05, 0) is 29.7 Å². The predicted octanol–water partition coefficient (Wildman–Crippen LogP) is 2.50. The first-order valence-corrected chi connectivity index (χ1v) is 8.41. The van der Waals surface area contributed by atoms with Gasteiger partial charge in [0.05, 0.1) is 30.0 Å². The molecule has 3 aromatic heterocycles. The molecule has 0 fully saturated rings. The summed E-state index contributed by atoms with van der Waals surface area (Å²) in [7, 11) is 1.88. The molecule has 3 heterocycles. The van der Waals surface area contributed by atoms with Crippen LogP contribution in [0.5, 0.6) is 0 Å². The summed E-state index contributed by atoms with van der Waals surface area (Å²) in [6.45, 7) is 0. The number of rotatable bonds is 3. The van der Waals surface area contributed by atoms with Gasteiger partial charge in [-0.15, -0.1) is 5.10 Å². The maximum Gasteiger partial charge on any atom is 0.313 e. The second kappa shape index (κ2) is 5.87. The van der Waals surface area contributed by atoms with Crippen molar-refractivity contribution in [3.63, 3.8) is 0 Å². The summed E-state index contributed by atoms with van der Waals surface area (Å²) in [6, 6.07) is 6.10. The summed E-state index contributed by atoms with van der Waals surface area (Å²) < 4.78 is 7.09. The van der Waals surface area contributed by atoms with E-state index in [-0.39, 0.29) is 6.01 Å². The van der Waals surface area contributed by atoms with Crippen LogP contribution in [0.4, 0.5) is 6.01 Å². The molecule has 0 spiro atoms. The standard InChI is InChI=1S/C19H15N7O/c1-26-10-13(7-22-26)16-8-21-9-17(23-16)14-5-4-11-2-3-12(6-15(11)14)18-24-25-19(20)27-18/h2-3,5-10H,4H2,1H3,(H2,20,25). The Morgan fingerprint density at radius 2 is 1.96 bits per heavy atom. The molecule has 27 heavy (non-hydrogen) atoms. The number of nitrogens with zero attached hydrogens (tertiary/aromatic N) is 6. The summed E-state index contributed by atoms with van der Waals surface area (Å²) >= 11 is 0. The zero-order chi connectivity index (χ0) is 18.4. The Balaban J connectivity index is 1.55. The number of hydrogen-bond acceptors (Lipinski definition) is 7. The topological polar surface area (TPSA) is 109 Å². The Hall–Kier alpha value is -3.81. The summed E-state index contributed by atoms with van der Waals surface area (Å²) in [5.74, 6) is 0.400. The molecule has 8 heteroatoms. The van der Waals surface area contributed by atoms with Crippen molar-refractivity contribution in [3.05, 3.63) is 65.9 Å². The fourth-order valence-corrected chi connectivity index (χ4v) is 3.24. The summed E-state index contributed by atoms with van der Waals surface area (Å²) in [5.41, 5.74) is 12.2. The Kier molecular flexibility index (Phi) is 3.36. The van der Waals surface area contributed by atoms with Crippen molar-refractivity contribution in [1.29, 1.82) is 0 Å². The second-order valence-electron chi connectivity index (χ2n) is 6.33. The van der Waals surface area contributed by atoms with Crippen LogP contribution < -0.4 is 5.73 Å². The van der Waals surface area contributed by atoms with Gasteiger partial charge in [-0.3, -0.25) is 9.67 Å². The first-order chi connectivity index (χ1) is 13.2. The van der Waals surface area contributed by atoms with E-state index in [4.69, 9.17) is 15.1 Å². The molecule has 0 bridgehead atoms. The van der Waals surface area contributed by atoms with E-state index in [9.17, 15) is 0 Å². The Labute approximate surface area is 154 Å². The molecule has 0 saturated carbocycles. The average Bonchev–Trinajstić information content (AvgIpc) is 3.41. The van der Waals surface area contributed by atoms with Gasteiger partial charge in [0, 0.05) is 29.9 Å². The number of hydrogen-bond donors (Lipinski definition) is 1. The quantitative estimate of drug-likeness (QED) is 0.600. The first kappa shape index (κ1) is 15.4. The normalized spacial score (nSPS) is 12.9. The molecule has 0 saturated heterocycles. The summed E-state index contributed by atoms with van der Waals surface area (Å²) in [4.78, 5) is 9.16. The lowest BCUT2D eigenvalue weighted by Gasteiger charge is -2.08. The highest BCUT2D eigenvalue weighted by Gasteiger charge is 2.20. The molecular formula is C19H15N7O. The van der Waals surface area contributed by atoms with E-state index < -0.39 is 0 Å². The van der Waals surface area contributed by atoms with Crippen molar-refractivity contribution >= 4 is 11.6 Å². The minimum Gasteiger partial charge on any atom is -0.404 e. The summed E-state index contributed by atoms with van der Waals surface area (Å²) in [5, 5.41) is 11.9. The van der Waals surface area contributed by atoms with Gasteiger partial charge in [-0.25, -0.2) is 4.98 Å². The Morgan fingerprint density at radius 1 is 1.07 bits per heavy atom. The highest BCUT2D eigenvalue weighted by molar-refractivity contribution is 5.85. The molecule has 2 N–H and O–H groups in total. The minimum absolute atomic E-state index is 0.0521. The van der Waals surface area contributed by atoms with Crippen LogP contribution in [0.1, 0.15) is 16.8 Å². The number of fused-ring (bicyclic) bond motifs is 1. The van der Waals surface area contributed by atoms with Crippen LogP contribution in [0.3, 0.4) is 0 Å². The van der Waals surface area contributed by atoms with Gasteiger partial charge in [0.1, 0.15) is 0 Å². The molecule has 0 aliphatic heterocycles. The Morgan fingerprint density at radius 3 is 2.74 bits per heavy atom. The fourth-order valence-electron chi connectivity index (χ4n) is 3.24. The van der Waals surface area contributed by atoms with E-state index in [1.54, 1.807) is 23.3 Å². The van der Waals surface area contributed by atoms with Gasteiger partial charge in [-0.2, -0.15) is 5.10 Å². The molecule has 5 rings (SSSR count). The van der Waals surface area contributed by atoms with E-state index in [1.165, 1.54) is 5.56 Å². The zero-order valence-electron chi connectivity index (χ0n) is 14.5. The SMILES string of the molecule is Cn1cc(-c2cncc(C3=CCc4ccc(-c5nnc(N)o5)cc43)n2)cn1. The maximum atomic E-state index is 5.54. The number of aromatic nitrogens is 6. The van der Waals surface area contributed by atoms with Crippen molar-refractivity contribution in [1.82, 2.24) is 29.9 Å². The first-order valence-electron chi connectivity index (χ1n) is 8.41. The highest BCUT2D eigenvalue weighted by atomic mass is 16.4. The van der Waals surface area contributed by atoms with Crippen molar-refractivity contribution in [2.45, 2.75) is 6.42 Å². The van der Waals surface area contributed by atoms with Gasteiger partial charge in [0.25, 0.3) is 0 Å². The third kappa shape index (κ3) is 2.67. The van der Waals surface area contributed by atoms with E-state index >= 15 is 0 Å². The van der Waals surface area contributed by atoms with E-state index in [2.05, 4.69) is 32.4 Å². The average molecular weight is 357 g/mol. The number of anilines is 1. The molecule has 0 atom stereocenters. The molecular weight excluding hydrogens is 342 g/mol. The summed E-state index contributed by atoms with van der Waals surface area (Å²) in [6.07, 6.45) is 10.2. The van der Waals surface area contributed by atoms with Crippen LogP contribution in [-0.4, -0.2) is 29.9 Å². The van der Waals surface area contributed by atoms with Crippen LogP contribution in [0.25, 0.3) is 28.3 Å². The highest BCUT2D eigenvalue weighted by Crippen LogP contribution is 2.35. The molecule has 8 nitrogen and oxygen atoms in total. The van der Waals surface area contributed by atoms with Crippen LogP contribution in [0.2, 0.25) is 0 Å². The third-order valence-electron chi connectivity index (χ3n) is 4.52. The maximum absolute atomic E-state index is 5.54. The molecule has 1 aromatic carbocycles. The van der Waals surface area contributed by atoms with E-state index in [0.717, 1.165) is 40.1 Å². The molecule has 0 radical (unpaired) electrons. The van der Waals surface area contributed by atoms with Gasteiger partial charge in [0.2, 0.25) is 5.89 Å². The fraction of sp³-hybridized carbons (Fsp3) is 0.105. The second-order valence-corrected chi connectivity index (χ2v) is 6.33. The zero-order valence-corrected chi connectivity index (χ0v) is 14.5. The number of aryl methyl sites for hydroxylation is 1. The van der Waals surface area contributed by atoms with Crippen molar-refractivity contribution in [3.8, 4) is 22.7 Å². The third-order valence-corrected chi connectivity index (χ3v) is 4.52. The lowest BCUT2D eigenvalue weighted by atomic mass is 10.0. The smallest absolute Gasteiger partial charge is 0.313 e. The van der Waals surface area contributed by atoms with E-state index in [1.807, 2.05) is 25.4 Å². The lowest BCUT2D eigenvalue weighted by Crippen LogP contribution is -1.95. The number of nitrogen functional groups attached to an aromatic ring is 1. The van der Waals surface area contributed by atoms with Crippen molar-refractivity contribution in [2.75, 3.05) is 5.73 Å².